The smallest absolute Gasteiger partial charge is 0.317 e. The predicted molar refractivity (Wildman–Crippen MR) is 77.9 cm³/mol. The highest BCUT2D eigenvalue weighted by atomic mass is 32.1. The lowest BCUT2D eigenvalue weighted by molar-refractivity contribution is -0.138. The minimum Gasteiger partial charge on any atom is -0.481 e. The Morgan fingerprint density at radius 1 is 1.45 bits per heavy atom. The maximum atomic E-state index is 12.2. The number of carboxylic acids is 1. The van der Waals surface area contributed by atoms with Gasteiger partial charge in [0.1, 0.15) is 0 Å². The molecule has 110 valence electrons. The number of hydrogen-bond donors (Lipinski definition) is 2. The maximum absolute atomic E-state index is 12.2. The summed E-state index contributed by atoms with van der Waals surface area (Å²) < 4.78 is 0. The second kappa shape index (κ2) is 6.74. The zero-order valence-corrected chi connectivity index (χ0v) is 12.4. The fraction of sp³-hybridized carbons (Fsp3) is 0.571. The Morgan fingerprint density at radius 2 is 2.25 bits per heavy atom. The molecule has 1 aliphatic rings. The van der Waals surface area contributed by atoms with Crippen LogP contribution in [-0.2, 0) is 11.3 Å². The molecule has 1 aliphatic heterocycles. The van der Waals surface area contributed by atoms with Crippen LogP contribution in [0.5, 0.6) is 0 Å². The van der Waals surface area contributed by atoms with Crippen LogP contribution in [0.15, 0.2) is 10.8 Å². The molecule has 0 aromatic carbocycles. The van der Waals surface area contributed by atoms with E-state index in [1.807, 2.05) is 12.3 Å². The molecule has 2 heterocycles. The average Bonchev–Trinajstić information content (AvgIpc) is 2.81. The topological polar surface area (TPSA) is 69.6 Å². The normalized spacial score (nSPS) is 18.9. The van der Waals surface area contributed by atoms with E-state index in [9.17, 15) is 9.59 Å². The van der Waals surface area contributed by atoms with E-state index in [1.54, 1.807) is 16.2 Å². The first-order valence-corrected chi connectivity index (χ1v) is 7.80. The number of hydrogen-bond acceptors (Lipinski definition) is 3. The highest BCUT2D eigenvalue weighted by Crippen LogP contribution is 2.20. The lowest BCUT2D eigenvalue weighted by Crippen LogP contribution is -2.49. The Balaban J connectivity index is 1.92. The van der Waals surface area contributed by atoms with Gasteiger partial charge in [-0.2, -0.15) is 11.3 Å². The third kappa shape index (κ3) is 3.72. The summed E-state index contributed by atoms with van der Waals surface area (Å²) in [5.74, 6) is -0.844. The van der Waals surface area contributed by atoms with Crippen molar-refractivity contribution in [2.45, 2.75) is 45.2 Å². The van der Waals surface area contributed by atoms with Crippen molar-refractivity contribution in [2.24, 2.45) is 0 Å². The SMILES string of the molecule is Cc1cscc1CNC(=O)N1CCCCC1CC(=O)O. The van der Waals surface area contributed by atoms with Crippen molar-refractivity contribution in [1.29, 1.82) is 0 Å². The van der Waals surface area contributed by atoms with Crippen LogP contribution in [0, 0.1) is 6.92 Å². The number of piperidine rings is 1. The standard InChI is InChI=1S/C14H20N2O3S/c1-10-8-20-9-11(10)7-15-14(19)16-5-3-2-4-12(16)6-13(17)18/h8-9,12H,2-7H2,1H3,(H,15,19)(H,17,18). The van der Waals surface area contributed by atoms with Gasteiger partial charge in [-0.15, -0.1) is 0 Å². The van der Waals surface area contributed by atoms with Gasteiger partial charge in [-0.05, 0) is 48.1 Å². The molecule has 1 aromatic heterocycles. The van der Waals surface area contributed by atoms with Crippen LogP contribution in [0.2, 0.25) is 0 Å². The summed E-state index contributed by atoms with van der Waals surface area (Å²) in [6, 6.07) is -0.327. The molecule has 1 saturated heterocycles. The van der Waals surface area contributed by atoms with Gasteiger partial charge in [0.15, 0.2) is 0 Å². The number of nitrogens with one attached hydrogen (secondary N) is 1. The lowest BCUT2D eigenvalue weighted by atomic mass is 10.00. The number of carboxylic acid groups (broad SMARTS) is 1. The average molecular weight is 296 g/mol. The molecule has 5 nitrogen and oxygen atoms in total. The van der Waals surface area contributed by atoms with Gasteiger partial charge in [0.05, 0.1) is 6.42 Å². The Kier molecular flexibility index (Phi) is 5.00. The third-order valence-electron chi connectivity index (χ3n) is 3.69. The van der Waals surface area contributed by atoms with Crippen molar-refractivity contribution < 1.29 is 14.7 Å². The lowest BCUT2D eigenvalue weighted by Gasteiger charge is -2.34. The maximum Gasteiger partial charge on any atom is 0.317 e. The predicted octanol–water partition coefficient (Wildman–Crippen LogP) is 2.60. The van der Waals surface area contributed by atoms with E-state index in [-0.39, 0.29) is 18.5 Å². The molecule has 2 amide bonds. The number of nitrogens with zero attached hydrogens (tertiary/aromatic N) is 1. The molecular formula is C14H20N2O3S. The highest BCUT2D eigenvalue weighted by Gasteiger charge is 2.28. The Labute approximate surface area is 122 Å². The molecular weight excluding hydrogens is 276 g/mol. The molecule has 1 aromatic rings. The highest BCUT2D eigenvalue weighted by molar-refractivity contribution is 7.08. The number of carbonyl (C=O) groups is 2. The van der Waals surface area contributed by atoms with Gasteiger partial charge in [0.2, 0.25) is 0 Å². The Morgan fingerprint density at radius 3 is 2.90 bits per heavy atom. The number of aliphatic carboxylic acids is 1. The Bertz CT molecular complexity index is 487. The van der Waals surface area contributed by atoms with Gasteiger partial charge in [0, 0.05) is 19.1 Å². The van der Waals surface area contributed by atoms with Gasteiger partial charge < -0.3 is 15.3 Å². The molecule has 6 heteroatoms. The van der Waals surface area contributed by atoms with Gasteiger partial charge in [-0.1, -0.05) is 0 Å². The number of carbonyl (C=O) groups excluding carboxylic acids is 1. The fourth-order valence-corrected chi connectivity index (χ4v) is 3.38. The second-order valence-electron chi connectivity index (χ2n) is 5.18. The van der Waals surface area contributed by atoms with E-state index in [2.05, 4.69) is 10.7 Å². The largest absolute Gasteiger partial charge is 0.481 e. The molecule has 0 spiro atoms. The van der Waals surface area contributed by atoms with E-state index < -0.39 is 5.97 Å². The summed E-state index contributed by atoms with van der Waals surface area (Å²) in [5, 5.41) is 15.9. The quantitative estimate of drug-likeness (QED) is 0.897. The number of amides is 2. The van der Waals surface area contributed by atoms with Crippen LogP contribution in [0.1, 0.15) is 36.8 Å². The molecule has 0 radical (unpaired) electrons. The number of thiophene rings is 1. The molecule has 0 aliphatic carbocycles. The van der Waals surface area contributed by atoms with Crippen molar-refractivity contribution in [2.75, 3.05) is 6.54 Å². The summed E-state index contributed by atoms with van der Waals surface area (Å²) in [7, 11) is 0. The van der Waals surface area contributed by atoms with Crippen LogP contribution < -0.4 is 5.32 Å². The molecule has 1 atom stereocenters. The number of rotatable bonds is 4. The fourth-order valence-electron chi connectivity index (χ4n) is 2.52. The molecule has 0 saturated carbocycles. The van der Waals surface area contributed by atoms with E-state index in [0.717, 1.165) is 24.8 Å². The third-order valence-corrected chi connectivity index (χ3v) is 4.60. The molecule has 1 unspecified atom stereocenters. The van der Waals surface area contributed by atoms with Crippen LogP contribution in [0.3, 0.4) is 0 Å². The van der Waals surface area contributed by atoms with Crippen LogP contribution in [0.25, 0.3) is 0 Å². The van der Waals surface area contributed by atoms with Crippen molar-refractivity contribution >= 4 is 23.3 Å². The summed E-state index contributed by atoms with van der Waals surface area (Å²) >= 11 is 1.62. The van der Waals surface area contributed by atoms with Crippen molar-refractivity contribution in [3.05, 3.63) is 21.9 Å². The Hall–Kier alpha value is -1.56. The van der Waals surface area contributed by atoms with E-state index >= 15 is 0 Å². The first-order chi connectivity index (χ1) is 9.58. The molecule has 1 fully saturated rings. The summed E-state index contributed by atoms with van der Waals surface area (Å²) in [6.45, 7) is 3.17. The zero-order valence-electron chi connectivity index (χ0n) is 11.6. The minimum atomic E-state index is -0.844. The van der Waals surface area contributed by atoms with Crippen LogP contribution >= 0.6 is 11.3 Å². The van der Waals surface area contributed by atoms with Crippen LogP contribution in [-0.4, -0.2) is 34.6 Å². The second-order valence-corrected chi connectivity index (χ2v) is 5.92. The van der Waals surface area contributed by atoms with Crippen molar-refractivity contribution in [3.8, 4) is 0 Å². The van der Waals surface area contributed by atoms with E-state index in [0.29, 0.717) is 13.1 Å². The summed E-state index contributed by atoms with van der Waals surface area (Å²) in [6.07, 6.45) is 2.74. The van der Waals surface area contributed by atoms with Gasteiger partial charge in [0.25, 0.3) is 0 Å². The van der Waals surface area contributed by atoms with E-state index in [4.69, 9.17) is 5.11 Å². The van der Waals surface area contributed by atoms with Crippen LogP contribution in [0.4, 0.5) is 4.79 Å². The first-order valence-electron chi connectivity index (χ1n) is 6.86. The van der Waals surface area contributed by atoms with Crippen molar-refractivity contribution in [1.82, 2.24) is 10.2 Å². The molecule has 2 N–H and O–H groups in total. The van der Waals surface area contributed by atoms with E-state index in [1.165, 1.54) is 5.56 Å². The summed E-state index contributed by atoms with van der Waals surface area (Å²) in [4.78, 5) is 24.8. The van der Waals surface area contributed by atoms with Gasteiger partial charge in [-0.3, -0.25) is 4.79 Å². The monoisotopic (exact) mass is 296 g/mol. The minimum absolute atomic E-state index is 0.0326. The number of urea groups is 1. The van der Waals surface area contributed by atoms with Gasteiger partial charge in [-0.25, -0.2) is 4.79 Å². The molecule has 0 bridgehead atoms. The number of likely N-dealkylation sites (tertiary alicyclic amines) is 1. The summed E-state index contributed by atoms with van der Waals surface area (Å²) in [5.41, 5.74) is 2.30. The zero-order chi connectivity index (χ0) is 14.5. The molecule has 2 rings (SSSR count). The first kappa shape index (κ1) is 14.8. The number of aryl methyl sites for hydroxylation is 1. The van der Waals surface area contributed by atoms with Crippen molar-refractivity contribution in [3.63, 3.8) is 0 Å². The van der Waals surface area contributed by atoms with Gasteiger partial charge >= 0.3 is 12.0 Å². The molecule has 20 heavy (non-hydrogen) atoms.